The van der Waals surface area contributed by atoms with Gasteiger partial charge in [-0.25, -0.2) is 4.39 Å². The molecule has 0 radical (unpaired) electrons. The molecule has 144 valence electrons. The zero-order valence-electron chi connectivity index (χ0n) is 15.1. The van der Waals surface area contributed by atoms with Crippen LogP contribution in [0.1, 0.15) is 11.4 Å². The number of carbonyl (C=O) groups is 1. The van der Waals surface area contributed by atoms with Crippen molar-refractivity contribution in [3.8, 4) is 5.75 Å². The van der Waals surface area contributed by atoms with Crippen LogP contribution in [0.3, 0.4) is 0 Å². The van der Waals surface area contributed by atoms with E-state index in [0.717, 1.165) is 0 Å². The van der Waals surface area contributed by atoms with E-state index in [2.05, 4.69) is 20.3 Å². The number of nitrogens with two attached hydrogens (primary N) is 1. The minimum absolute atomic E-state index is 0.0347. The number of para-hydroxylation sites is 2. The van der Waals surface area contributed by atoms with Crippen LogP contribution in [0.5, 0.6) is 5.75 Å². The standard InChI is InChI=1S/C19H18FN5O3/c1-27-15-9-5-4-8-14(15)22-19-24-16(23-18(21)25-19)11-28-17(26)10-12-6-2-3-7-13(12)20/h2-9H,10-11H2,1H3,(H3,21,22,23,24,25). The summed E-state index contributed by atoms with van der Waals surface area (Å²) in [6.45, 7) is -0.222. The lowest BCUT2D eigenvalue weighted by molar-refractivity contribution is -0.144. The monoisotopic (exact) mass is 383 g/mol. The third-order valence-electron chi connectivity index (χ3n) is 3.71. The summed E-state index contributed by atoms with van der Waals surface area (Å²) in [5.41, 5.74) is 6.60. The van der Waals surface area contributed by atoms with Gasteiger partial charge in [-0.05, 0) is 23.8 Å². The highest BCUT2D eigenvalue weighted by molar-refractivity contribution is 5.72. The van der Waals surface area contributed by atoms with Crippen LogP contribution in [0, 0.1) is 5.82 Å². The maximum Gasteiger partial charge on any atom is 0.310 e. The molecule has 8 nitrogen and oxygen atoms in total. The summed E-state index contributed by atoms with van der Waals surface area (Å²) in [6.07, 6.45) is -0.195. The molecule has 0 bridgehead atoms. The van der Waals surface area contributed by atoms with Crippen LogP contribution in [0.15, 0.2) is 48.5 Å². The summed E-state index contributed by atoms with van der Waals surface area (Å²) in [6, 6.07) is 13.2. The Morgan fingerprint density at radius 3 is 2.64 bits per heavy atom. The zero-order valence-corrected chi connectivity index (χ0v) is 15.1. The quantitative estimate of drug-likeness (QED) is 0.599. The van der Waals surface area contributed by atoms with Crippen molar-refractivity contribution in [3.05, 3.63) is 65.7 Å². The van der Waals surface area contributed by atoms with Gasteiger partial charge in [-0.15, -0.1) is 0 Å². The van der Waals surface area contributed by atoms with Crippen molar-refractivity contribution < 1.29 is 18.7 Å². The van der Waals surface area contributed by atoms with Crippen LogP contribution >= 0.6 is 0 Å². The molecule has 3 rings (SSSR count). The first-order valence-electron chi connectivity index (χ1n) is 8.34. The summed E-state index contributed by atoms with van der Waals surface area (Å²) in [4.78, 5) is 24.1. The van der Waals surface area contributed by atoms with Crippen molar-refractivity contribution in [1.82, 2.24) is 15.0 Å². The number of nitrogens with one attached hydrogen (secondary N) is 1. The first-order valence-corrected chi connectivity index (χ1v) is 8.34. The molecule has 2 aromatic carbocycles. The lowest BCUT2D eigenvalue weighted by Gasteiger charge is -2.11. The van der Waals surface area contributed by atoms with Gasteiger partial charge in [0.25, 0.3) is 0 Å². The number of hydrogen-bond acceptors (Lipinski definition) is 8. The van der Waals surface area contributed by atoms with E-state index in [1.165, 1.54) is 12.1 Å². The number of hydrogen-bond donors (Lipinski definition) is 2. The number of anilines is 3. The summed E-state index contributed by atoms with van der Waals surface area (Å²) >= 11 is 0. The smallest absolute Gasteiger partial charge is 0.310 e. The van der Waals surface area contributed by atoms with Crippen LogP contribution in [-0.4, -0.2) is 28.0 Å². The van der Waals surface area contributed by atoms with E-state index >= 15 is 0 Å². The van der Waals surface area contributed by atoms with Gasteiger partial charge in [-0.3, -0.25) is 4.79 Å². The molecule has 3 aromatic rings. The predicted molar refractivity (Wildman–Crippen MR) is 100 cm³/mol. The van der Waals surface area contributed by atoms with Gasteiger partial charge >= 0.3 is 5.97 Å². The van der Waals surface area contributed by atoms with Crippen molar-refractivity contribution in [2.75, 3.05) is 18.2 Å². The van der Waals surface area contributed by atoms with Gasteiger partial charge in [0.05, 0.1) is 19.2 Å². The van der Waals surface area contributed by atoms with Gasteiger partial charge in [-0.1, -0.05) is 30.3 Å². The normalized spacial score (nSPS) is 10.4. The Morgan fingerprint density at radius 2 is 1.86 bits per heavy atom. The molecule has 0 saturated carbocycles. The topological polar surface area (TPSA) is 112 Å². The fourth-order valence-corrected chi connectivity index (χ4v) is 2.42. The number of carbonyl (C=O) groups excluding carboxylic acids is 1. The summed E-state index contributed by atoms with van der Waals surface area (Å²) in [5.74, 6) is -0.175. The number of aromatic nitrogens is 3. The van der Waals surface area contributed by atoms with E-state index in [4.69, 9.17) is 15.2 Å². The Kier molecular flexibility index (Phi) is 5.95. The van der Waals surface area contributed by atoms with Gasteiger partial charge in [-0.2, -0.15) is 15.0 Å². The zero-order chi connectivity index (χ0) is 19.9. The number of nitrogen functional groups attached to an aromatic ring is 1. The van der Waals surface area contributed by atoms with Crippen LogP contribution in [0.25, 0.3) is 0 Å². The second-order valence-electron chi connectivity index (χ2n) is 5.69. The Bertz CT molecular complexity index is 983. The Hall–Kier alpha value is -3.75. The number of esters is 1. The SMILES string of the molecule is COc1ccccc1Nc1nc(N)nc(COC(=O)Cc2ccccc2F)n1. The van der Waals surface area contributed by atoms with Crippen LogP contribution in [0.4, 0.5) is 22.0 Å². The fraction of sp³-hybridized carbons (Fsp3) is 0.158. The van der Waals surface area contributed by atoms with Gasteiger partial charge in [0.1, 0.15) is 11.6 Å². The molecule has 0 aliphatic carbocycles. The molecule has 0 saturated heterocycles. The highest BCUT2D eigenvalue weighted by Crippen LogP contribution is 2.25. The van der Waals surface area contributed by atoms with E-state index in [9.17, 15) is 9.18 Å². The van der Waals surface area contributed by atoms with Crippen molar-refractivity contribution in [1.29, 1.82) is 0 Å². The van der Waals surface area contributed by atoms with Gasteiger partial charge in [0.15, 0.2) is 12.4 Å². The number of rotatable bonds is 7. The number of ether oxygens (including phenoxy) is 2. The Labute approximate surface area is 160 Å². The van der Waals surface area contributed by atoms with E-state index in [1.807, 2.05) is 12.1 Å². The lowest BCUT2D eigenvalue weighted by Crippen LogP contribution is -2.13. The molecule has 0 fully saturated rings. The van der Waals surface area contributed by atoms with E-state index in [-0.39, 0.29) is 36.3 Å². The van der Waals surface area contributed by atoms with Gasteiger partial charge < -0.3 is 20.5 Å². The summed E-state index contributed by atoms with van der Waals surface area (Å²) < 4.78 is 24.0. The van der Waals surface area contributed by atoms with Crippen molar-refractivity contribution >= 4 is 23.6 Å². The molecule has 1 aromatic heterocycles. The molecular formula is C19H18FN5O3. The lowest BCUT2D eigenvalue weighted by atomic mass is 10.1. The molecule has 0 unspecified atom stereocenters. The molecule has 0 aliphatic heterocycles. The maximum atomic E-state index is 13.6. The van der Waals surface area contributed by atoms with Crippen molar-refractivity contribution in [3.63, 3.8) is 0 Å². The molecule has 28 heavy (non-hydrogen) atoms. The number of halogens is 1. The highest BCUT2D eigenvalue weighted by atomic mass is 19.1. The van der Waals surface area contributed by atoms with E-state index in [1.54, 1.807) is 31.4 Å². The largest absolute Gasteiger partial charge is 0.495 e. The van der Waals surface area contributed by atoms with E-state index < -0.39 is 11.8 Å². The molecular weight excluding hydrogens is 365 g/mol. The molecule has 1 heterocycles. The predicted octanol–water partition coefficient (Wildman–Crippen LogP) is 2.63. The van der Waals surface area contributed by atoms with Crippen molar-refractivity contribution in [2.24, 2.45) is 0 Å². The molecule has 0 atom stereocenters. The van der Waals surface area contributed by atoms with Crippen LogP contribution in [0.2, 0.25) is 0 Å². The second-order valence-corrected chi connectivity index (χ2v) is 5.69. The van der Waals surface area contributed by atoms with Crippen LogP contribution < -0.4 is 15.8 Å². The van der Waals surface area contributed by atoms with Gasteiger partial charge in [0, 0.05) is 0 Å². The van der Waals surface area contributed by atoms with Crippen molar-refractivity contribution in [2.45, 2.75) is 13.0 Å². The molecule has 0 amide bonds. The molecule has 0 aliphatic rings. The molecule has 0 spiro atoms. The average molecular weight is 383 g/mol. The third kappa shape index (κ3) is 4.91. The van der Waals surface area contributed by atoms with Crippen LogP contribution in [-0.2, 0) is 22.6 Å². The Balaban J connectivity index is 1.66. The first-order chi connectivity index (χ1) is 13.5. The second kappa shape index (κ2) is 8.76. The number of benzene rings is 2. The minimum Gasteiger partial charge on any atom is -0.495 e. The highest BCUT2D eigenvalue weighted by Gasteiger charge is 2.12. The Morgan fingerprint density at radius 1 is 1.11 bits per heavy atom. The third-order valence-corrected chi connectivity index (χ3v) is 3.71. The summed E-state index contributed by atoms with van der Waals surface area (Å²) in [7, 11) is 1.54. The molecule has 9 heteroatoms. The van der Waals surface area contributed by atoms with Gasteiger partial charge in [0.2, 0.25) is 11.9 Å². The average Bonchev–Trinajstić information content (AvgIpc) is 2.68. The number of nitrogens with zero attached hydrogens (tertiary/aromatic N) is 3. The maximum absolute atomic E-state index is 13.6. The molecule has 3 N–H and O–H groups in total. The fourth-order valence-electron chi connectivity index (χ4n) is 2.42. The number of methoxy groups -OCH3 is 1. The first kappa shape index (κ1) is 19.0. The minimum atomic E-state index is -0.608. The summed E-state index contributed by atoms with van der Waals surface area (Å²) in [5, 5.41) is 2.98. The van der Waals surface area contributed by atoms with E-state index in [0.29, 0.717) is 11.4 Å².